The standard InChI is InChI=1S/C18H42O8P2/c1-13(2)19-27(20-14(3)4,21-15(5)6)25-26-28(22-16(7)8,23-17(9)10)24-18(11)12/h13-18H,1-12H3/q+2. The van der Waals surface area contributed by atoms with E-state index in [0.29, 0.717) is 0 Å². The highest BCUT2D eigenvalue weighted by atomic mass is 31.2. The maximum absolute atomic E-state index is 5.94. The Hall–Kier alpha value is 0.540. The molecule has 0 atom stereocenters. The zero-order valence-corrected chi connectivity index (χ0v) is 21.4. The van der Waals surface area contributed by atoms with Crippen LogP contribution < -0.4 is 0 Å². The van der Waals surface area contributed by atoms with Gasteiger partial charge in [0.25, 0.3) is 0 Å². The normalized spacial score (nSPS) is 13.9. The van der Waals surface area contributed by atoms with Gasteiger partial charge in [0, 0.05) is 0 Å². The molecule has 0 aliphatic rings. The molecule has 0 unspecified atom stereocenters. The van der Waals surface area contributed by atoms with Crippen LogP contribution in [-0.4, -0.2) is 36.6 Å². The Morgan fingerprint density at radius 1 is 0.321 bits per heavy atom. The van der Waals surface area contributed by atoms with Gasteiger partial charge in [0.1, 0.15) is 36.6 Å². The lowest BCUT2D eigenvalue weighted by Crippen LogP contribution is -2.24. The first kappa shape index (κ1) is 28.5. The van der Waals surface area contributed by atoms with E-state index in [4.69, 9.17) is 36.5 Å². The first-order valence-corrected chi connectivity index (χ1v) is 12.9. The van der Waals surface area contributed by atoms with E-state index >= 15 is 0 Å². The molecular formula is C18H42O8P2+2. The summed E-state index contributed by atoms with van der Waals surface area (Å²) in [5.41, 5.74) is 0. The van der Waals surface area contributed by atoms with Crippen LogP contribution in [0.4, 0.5) is 0 Å². The molecule has 0 aliphatic heterocycles. The minimum atomic E-state index is -3.33. The summed E-state index contributed by atoms with van der Waals surface area (Å²) < 4.78 is 47.1. The molecule has 0 fully saturated rings. The van der Waals surface area contributed by atoms with E-state index < -0.39 is 16.3 Å². The Bertz CT molecular complexity index is 325. The van der Waals surface area contributed by atoms with Gasteiger partial charge >= 0.3 is 16.3 Å². The van der Waals surface area contributed by atoms with E-state index in [0.717, 1.165) is 0 Å². The van der Waals surface area contributed by atoms with Crippen molar-refractivity contribution in [3.63, 3.8) is 0 Å². The molecule has 0 bridgehead atoms. The van der Waals surface area contributed by atoms with Crippen LogP contribution in [-0.2, 0) is 36.5 Å². The van der Waals surface area contributed by atoms with Crippen LogP contribution in [0, 0.1) is 0 Å². The zero-order chi connectivity index (χ0) is 22.1. The second kappa shape index (κ2) is 13.1. The van der Waals surface area contributed by atoms with Gasteiger partial charge in [-0.05, 0) is 83.1 Å². The molecule has 0 saturated heterocycles. The third kappa shape index (κ3) is 12.3. The topological polar surface area (TPSA) is 73.8 Å². The highest BCUT2D eigenvalue weighted by Crippen LogP contribution is 2.73. The summed E-state index contributed by atoms with van der Waals surface area (Å²) in [7, 11) is -6.65. The van der Waals surface area contributed by atoms with Crippen molar-refractivity contribution >= 4 is 16.3 Å². The third-order valence-electron chi connectivity index (χ3n) is 2.26. The van der Waals surface area contributed by atoms with Gasteiger partial charge in [0.2, 0.25) is 0 Å². The molecule has 10 heteroatoms. The summed E-state index contributed by atoms with van der Waals surface area (Å²) in [6.07, 6.45) is -1.30. The van der Waals surface area contributed by atoms with Crippen LogP contribution in [0.3, 0.4) is 0 Å². The monoisotopic (exact) mass is 448 g/mol. The Morgan fingerprint density at radius 2 is 0.464 bits per heavy atom. The van der Waals surface area contributed by atoms with Crippen LogP contribution in [0.5, 0.6) is 0 Å². The highest BCUT2D eigenvalue weighted by Gasteiger charge is 2.63. The fourth-order valence-corrected chi connectivity index (χ4v) is 6.15. The fraction of sp³-hybridized carbons (Fsp3) is 1.00. The predicted molar refractivity (Wildman–Crippen MR) is 113 cm³/mol. The van der Waals surface area contributed by atoms with Gasteiger partial charge in [-0.3, -0.25) is 0 Å². The SMILES string of the molecule is CC(C)O[P+](OO[P+](OC(C)C)(OC(C)C)OC(C)C)(OC(C)C)OC(C)C. The van der Waals surface area contributed by atoms with E-state index in [9.17, 15) is 0 Å². The Morgan fingerprint density at radius 3 is 0.571 bits per heavy atom. The number of rotatable bonds is 15. The molecular weight excluding hydrogens is 406 g/mol. The molecule has 0 spiro atoms. The van der Waals surface area contributed by atoms with Crippen molar-refractivity contribution < 1.29 is 36.5 Å². The summed E-state index contributed by atoms with van der Waals surface area (Å²) in [5.74, 6) is 0. The van der Waals surface area contributed by atoms with Gasteiger partial charge in [-0.1, -0.05) is 0 Å². The first-order valence-electron chi connectivity index (χ1n) is 9.97. The summed E-state index contributed by atoms with van der Waals surface area (Å²) in [6, 6.07) is 0. The van der Waals surface area contributed by atoms with Crippen LogP contribution >= 0.6 is 16.3 Å². The lowest BCUT2D eigenvalue weighted by molar-refractivity contribution is -0.200. The molecule has 0 rings (SSSR count). The molecule has 0 aromatic heterocycles. The van der Waals surface area contributed by atoms with Crippen molar-refractivity contribution in [1.29, 1.82) is 0 Å². The maximum atomic E-state index is 5.94. The molecule has 0 aromatic carbocycles. The second-order valence-electron chi connectivity index (χ2n) is 7.97. The first-order chi connectivity index (χ1) is 12.7. The molecule has 0 N–H and O–H groups in total. The van der Waals surface area contributed by atoms with Gasteiger partial charge in [-0.25, -0.2) is 0 Å². The predicted octanol–water partition coefficient (Wildman–Crippen LogP) is 6.84. The Kier molecular flexibility index (Phi) is 13.3. The average molecular weight is 448 g/mol. The molecule has 28 heavy (non-hydrogen) atoms. The van der Waals surface area contributed by atoms with Crippen molar-refractivity contribution in [3.05, 3.63) is 0 Å². The smallest absolute Gasteiger partial charge is 0.149 e. The van der Waals surface area contributed by atoms with Crippen molar-refractivity contribution in [2.45, 2.75) is 120 Å². The molecule has 0 saturated carbocycles. The van der Waals surface area contributed by atoms with Crippen LogP contribution in [0.1, 0.15) is 83.1 Å². The summed E-state index contributed by atoms with van der Waals surface area (Å²) in [4.78, 5) is 0. The Balaban J connectivity index is 5.82. The van der Waals surface area contributed by atoms with Crippen molar-refractivity contribution in [1.82, 2.24) is 0 Å². The lowest BCUT2D eigenvalue weighted by atomic mass is 10.5. The molecule has 0 aliphatic carbocycles. The van der Waals surface area contributed by atoms with E-state index in [2.05, 4.69) is 0 Å². The Labute approximate surface area is 173 Å². The molecule has 0 heterocycles. The van der Waals surface area contributed by atoms with Gasteiger partial charge in [0.15, 0.2) is 0 Å². The van der Waals surface area contributed by atoms with Gasteiger partial charge < -0.3 is 0 Å². The summed E-state index contributed by atoms with van der Waals surface area (Å²) in [5, 5.41) is 0. The van der Waals surface area contributed by atoms with Gasteiger partial charge in [-0.2, -0.15) is 0 Å². The largest absolute Gasteiger partial charge is 0.611 e. The molecule has 0 amide bonds. The third-order valence-corrected chi connectivity index (χ3v) is 6.97. The second-order valence-corrected chi connectivity index (χ2v) is 11.3. The quantitative estimate of drug-likeness (QED) is 0.153. The number of hydrogen-bond acceptors (Lipinski definition) is 8. The highest BCUT2D eigenvalue weighted by molar-refractivity contribution is 7.58. The van der Waals surface area contributed by atoms with Crippen LogP contribution in [0.15, 0.2) is 0 Å². The van der Waals surface area contributed by atoms with Crippen LogP contribution in [0.2, 0.25) is 0 Å². The minimum Gasteiger partial charge on any atom is -0.149 e. The number of hydrogen-bond donors (Lipinski definition) is 0. The maximum Gasteiger partial charge on any atom is 0.611 e. The van der Waals surface area contributed by atoms with E-state index in [1.165, 1.54) is 0 Å². The lowest BCUT2D eigenvalue weighted by Gasteiger charge is -2.25. The van der Waals surface area contributed by atoms with Gasteiger partial charge in [0.05, 0.1) is 9.35 Å². The molecule has 8 nitrogen and oxygen atoms in total. The van der Waals surface area contributed by atoms with E-state index in [1.807, 2.05) is 83.1 Å². The van der Waals surface area contributed by atoms with Crippen molar-refractivity contribution in [3.8, 4) is 0 Å². The van der Waals surface area contributed by atoms with Gasteiger partial charge in [-0.15, -0.1) is 27.1 Å². The van der Waals surface area contributed by atoms with E-state index in [-0.39, 0.29) is 36.6 Å². The zero-order valence-electron chi connectivity index (χ0n) is 19.6. The summed E-state index contributed by atoms with van der Waals surface area (Å²) >= 11 is 0. The van der Waals surface area contributed by atoms with Crippen molar-refractivity contribution in [2.75, 3.05) is 0 Å². The van der Waals surface area contributed by atoms with E-state index in [1.54, 1.807) is 0 Å². The minimum absolute atomic E-state index is 0.217. The fourth-order valence-electron chi connectivity index (χ4n) is 1.89. The molecule has 0 aromatic rings. The van der Waals surface area contributed by atoms with Crippen molar-refractivity contribution in [2.24, 2.45) is 0 Å². The van der Waals surface area contributed by atoms with Crippen LogP contribution in [0.25, 0.3) is 0 Å². The molecule has 170 valence electrons. The molecule has 0 radical (unpaired) electrons. The average Bonchev–Trinajstić information content (AvgIpc) is 2.40. The summed E-state index contributed by atoms with van der Waals surface area (Å²) in [6.45, 7) is 22.4.